The first kappa shape index (κ1) is 16.6. The number of ether oxygens (including phenoxy) is 2. The number of anilines is 1. The molecule has 128 valence electrons. The highest BCUT2D eigenvalue weighted by Gasteiger charge is 2.22. The lowest BCUT2D eigenvalue weighted by Gasteiger charge is -2.18. The van der Waals surface area contributed by atoms with Gasteiger partial charge in [-0.25, -0.2) is 0 Å². The fourth-order valence-corrected chi connectivity index (χ4v) is 3.18. The Morgan fingerprint density at radius 1 is 1.17 bits per heavy atom. The number of nitrogens with one attached hydrogen (secondary N) is 1. The van der Waals surface area contributed by atoms with Gasteiger partial charge in [0.1, 0.15) is 11.5 Å². The van der Waals surface area contributed by atoms with Gasteiger partial charge in [-0.15, -0.1) is 0 Å². The maximum Gasteiger partial charge on any atom is 0.122 e. The molecule has 1 atom stereocenters. The van der Waals surface area contributed by atoms with Crippen molar-refractivity contribution in [2.45, 2.75) is 25.9 Å². The van der Waals surface area contributed by atoms with E-state index in [-0.39, 0.29) is 0 Å². The summed E-state index contributed by atoms with van der Waals surface area (Å²) in [7, 11) is 3.37. The Morgan fingerprint density at radius 2 is 1.92 bits per heavy atom. The highest BCUT2D eigenvalue weighted by Crippen LogP contribution is 2.25. The molecule has 1 aliphatic rings. The van der Waals surface area contributed by atoms with Gasteiger partial charge in [0.2, 0.25) is 0 Å². The molecule has 1 aromatic heterocycles. The van der Waals surface area contributed by atoms with Crippen LogP contribution in [0.2, 0.25) is 0 Å². The van der Waals surface area contributed by atoms with Crippen LogP contribution in [0.4, 0.5) is 5.69 Å². The minimum Gasteiger partial charge on any atom is -0.497 e. The molecule has 1 fully saturated rings. The molecule has 2 aromatic rings. The van der Waals surface area contributed by atoms with E-state index in [2.05, 4.69) is 33.4 Å². The van der Waals surface area contributed by atoms with Gasteiger partial charge in [-0.3, -0.25) is 9.88 Å². The van der Waals surface area contributed by atoms with Crippen molar-refractivity contribution in [3.8, 4) is 11.5 Å². The van der Waals surface area contributed by atoms with Crippen molar-refractivity contribution in [3.63, 3.8) is 0 Å². The van der Waals surface area contributed by atoms with E-state index in [1.807, 2.05) is 25.3 Å². The average Bonchev–Trinajstić information content (AvgIpc) is 3.01. The molecule has 0 bridgehead atoms. The van der Waals surface area contributed by atoms with Crippen molar-refractivity contribution >= 4 is 5.69 Å². The van der Waals surface area contributed by atoms with Gasteiger partial charge in [0.25, 0.3) is 0 Å². The summed E-state index contributed by atoms with van der Waals surface area (Å²) in [5.74, 6) is 1.68. The zero-order chi connectivity index (χ0) is 16.9. The second-order valence-electron chi connectivity index (χ2n) is 6.27. The molecule has 0 aliphatic carbocycles. The van der Waals surface area contributed by atoms with Gasteiger partial charge in [0.15, 0.2) is 0 Å². The van der Waals surface area contributed by atoms with Crippen LogP contribution in [0.1, 0.15) is 17.7 Å². The number of hydrogen-bond acceptors (Lipinski definition) is 5. The number of benzene rings is 1. The number of nitrogens with zero attached hydrogens (tertiary/aromatic N) is 2. The molecule has 24 heavy (non-hydrogen) atoms. The summed E-state index contributed by atoms with van der Waals surface area (Å²) >= 11 is 0. The van der Waals surface area contributed by atoms with Crippen LogP contribution >= 0.6 is 0 Å². The lowest BCUT2D eigenvalue weighted by Crippen LogP contribution is -2.26. The number of aryl methyl sites for hydroxylation is 1. The fourth-order valence-electron chi connectivity index (χ4n) is 3.18. The van der Waals surface area contributed by atoms with Crippen molar-refractivity contribution < 1.29 is 9.47 Å². The molecule has 0 radical (unpaired) electrons. The highest BCUT2D eigenvalue weighted by molar-refractivity contribution is 5.44. The molecule has 1 unspecified atom stereocenters. The third-order valence-electron chi connectivity index (χ3n) is 4.36. The molecule has 0 saturated carbocycles. The summed E-state index contributed by atoms with van der Waals surface area (Å²) in [6.45, 7) is 5.03. The van der Waals surface area contributed by atoms with E-state index in [1.165, 1.54) is 5.56 Å². The summed E-state index contributed by atoms with van der Waals surface area (Å²) in [6.07, 6.45) is 3.00. The number of likely N-dealkylation sites (tertiary alicyclic amines) is 1. The molecule has 5 nitrogen and oxygen atoms in total. The van der Waals surface area contributed by atoms with E-state index < -0.39 is 0 Å². The maximum absolute atomic E-state index is 5.36. The Hall–Kier alpha value is -2.27. The summed E-state index contributed by atoms with van der Waals surface area (Å²) in [4.78, 5) is 6.70. The smallest absolute Gasteiger partial charge is 0.122 e. The van der Waals surface area contributed by atoms with Crippen molar-refractivity contribution in [1.29, 1.82) is 0 Å². The molecule has 2 heterocycles. The second kappa shape index (κ2) is 7.53. The first-order valence-corrected chi connectivity index (χ1v) is 8.30. The largest absolute Gasteiger partial charge is 0.497 e. The third-order valence-corrected chi connectivity index (χ3v) is 4.36. The Balaban J connectivity index is 1.60. The van der Waals surface area contributed by atoms with E-state index >= 15 is 0 Å². The standard InChI is InChI=1S/C19H25N3O2/c1-14-8-16(4-6-20-14)21-17-5-7-22(13-17)12-15-9-18(23-2)11-19(10-15)24-3/h4,6,8-11,17H,5,7,12-13H2,1-3H3,(H,20,21). The highest BCUT2D eigenvalue weighted by atomic mass is 16.5. The Bertz CT molecular complexity index is 668. The van der Waals surface area contributed by atoms with E-state index in [0.29, 0.717) is 6.04 Å². The van der Waals surface area contributed by atoms with Crippen LogP contribution in [-0.4, -0.2) is 43.2 Å². The number of methoxy groups -OCH3 is 2. The van der Waals surface area contributed by atoms with Crippen LogP contribution in [0, 0.1) is 6.92 Å². The van der Waals surface area contributed by atoms with Crippen LogP contribution in [0.15, 0.2) is 36.5 Å². The van der Waals surface area contributed by atoms with Crippen molar-refractivity contribution in [1.82, 2.24) is 9.88 Å². The van der Waals surface area contributed by atoms with Gasteiger partial charge in [0.05, 0.1) is 14.2 Å². The van der Waals surface area contributed by atoms with Gasteiger partial charge >= 0.3 is 0 Å². The first-order chi connectivity index (χ1) is 11.7. The molecule has 3 rings (SSSR count). The van der Waals surface area contributed by atoms with Crippen LogP contribution in [0.5, 0.6) is 11.5 Å². The minimum atomic E-state index is 0.472. The van der Waals surface area contributed by atoms with E-state index in [9.17, 15) is 0 Å². The van der Waals surface area contributed by atoms with Gasteiger partial charge < -0.3 is 14.8 Å². The van der Waals surface area contributed by atoms with E-state index in [1.54, 1.807) is 14.2 Å². The lowest BCUT2D eigenvalue weighted by atomic mass is 10.2. The first-order valence-electron chi connectivity index (χ1n) is 8.30. The van der Waals surface area contributed by atoms with Gasteiger partial charge in [-0.05, 0) is 43.2 Å². The summed E-state index contributed by atoms with van der Waals surface area (Å²) in [6, 6.07) is 10.7. The fraction of sp³-hybridized carbons (Fsp3) is 0.421. The molecule has 0 amide bonds. The average molecular weight is 327 g/mol. The van der Waals surface area contributed by atoms with Gasteiger partial charge in [-0.1, -0.05) is 0 Å². The topological polar surface area (TPSA) is 46.6 Å². The molecule has 5 heteroatoms. The zero-order valence-electron chi connectivity index (χ0n) is 14.6. The molecule has 1 aromatic carbocycles. The minimum absolute atomic E-state index is 0.472. The van der Waals surface area contributed by atoms with E-state index in [4.69, 9.17) is 9.47 Å². The Morgan fingerprint density at radius 3 is 2.58 bits per heavy atom. The number of rotatable bonds is 6. The van der Waals surface area contributed by atoms with Crippen LogP contribution < -0.4 is 14.8 Å². The lowest BCUT2D eigenvalue weighted by molar-refractivity contribution is 0.326. The zero-order valence-corrected chi connectivity index (χ0v) is 14.6. The molecular formula is C19H25N3O2. The quantitative estimate of drug-likeness (QED) is 0.883. The predicted octanol–water partition coefficient (Wildman–Crippen LogP) is 3.09. The van der Waals surface area contributed by atoms with Gasteiger partial charge in [-0.2, -0.15) is 0 Å². The molecule has 0 spiro atoms. The van der Waals surface area contributed by atoms with E-state index in [0.717, 1.165) is 48.9 Å². The third kappa shape index (κ3) is 4.17. The number of hydrogen-bond donors (Lipinski definition) is 1. The van der Waals surface area contributed by atoms with Crippen LogP contribution in [0.3, 0.4) is 0 Å². The second-order valence-corrected chi connectivity index (χ2v) is 6.27. The molecule has 1 saturated heterocycles. The summed E-state index contributed by atoms with van der Waals surface area (Å²) in [5, 5.41) is 3.61. The molecule has 1 N–H and O–H groups in total. The SMILES string of the molecule is COc1cc(CN2CCC(Nc3ccnc(C)c3)C2)cc(OC)c1. The molecular weight excluding hydrogens is 302 g/mol. The summed E-state index contributed by atoms with van der Waals surface area (Å²) < 4.78 is 10.7. The Kier molecular flexibility index (Phi) is 5.20. The monoisotopic (exact) mass is 327 g/mol. The van der Waals surface area contributed by atoms with Crippen LogP contribution in [-0.2, 0) is 6.54 Å². The van der Waals surface area contributed by atoms with Crippen LogP contribution in [0.25, 0.3) is 0 Å². The Labute approximate surface area is 143 Å². The number of pyridine rings is 1. The maximum atomic E-state index is 5.36. The van der Waals surface area contributed by atoms with Gasteiger partial charge in [0, 0.05) is 49.3 Å². The van der Waals surface area contributed by atoms with Crippen molar-refractivity contribution in [2.24, 2.45) is 0 Å². The van der Waals surface area contributed by atoms with Crippen molar-refractivity contribution in [3.05, 3.63) is 47.8 Å². The molecule has 1 aliphatic heterocycles. The normalized spacial score (nSPS) is 17.7. The summed E-state index contributed by atoms with van der Waals surface area (Å²) in [5.41, 5.74) is 3.40. The predicted molar refractivity (Wildman–Crippen MR) is 95.8 cm³/mol. The number of aromatic nitrogens is 1. The van der Waals surface area contributed by atoms with Crippen molar-refractivity contribution in [2.75, 3.05) is 32.6 Å².